The number of hydrogen-bond acceptors (Lipinski definition) is 11. The molecule has 0 aromatic heterocycles. The van der Waals surface area contributed by atoms with E-state index in [1.165, 1.54) is 12.1 Å². The standard InChI is InChI=1S/C30H31N3O8S3/c1-33(12-14-43(36,37)15-13-34)21-8-10-23-27(18-21)41-26-17-20(32-19-7-11-28(42-35)25(31)16-19)6-9-22(26)30(23)24-4-2-3-5-29(24)44(38,39)40/h2-11,16-18,30,32,34-35H,12-15,31H2,1H3,(H,38,39,40). The summed E-state index contributed by atoms with van der Waals surface area (Å²) in [7, 11) is -6.24. The predicted molar refractivity (Wildman–Crippen MR) is 172 cm³/mol. The normalized spacial score (nSPS) is 14.3. The van der Waals surface area contributed by atoms with E-state index in [4.69, 9.17) is 15.6 Å². The van der Waals surface area contributed by atoms with Crippen molar-refractivity contribution in [1.29, 1.82) is 0 Å². The summed E-state index contributed by atoms with van der Waals surface area (Å²) >= 11 is 0.556. The molecule has 4 aromatic rings. The second-order valence-corrected chi connectivity index (χ2v) is 14.6. The monoisotopic (exact) mass is 657 g/mol. The van der Waals surface area contributed by atoms with Gasteiger partial charge in [-0.1, -0.05) is 30.3 Å². The van der Waals surface area contributed by atoms with Gasteiger partial charge in [-0.05, 0) is 42.0 Å². The summed E-state index contributed by atoms with van der Waals surface area (Å²) in [6.07, 6.45) is 0. The lowest BCUT2D eigenvalue weighted by atomic mass is 9.82. The summed E-state index contributed by atoms with van der Waals surface area (Å²) < 4.78 is 74.9. The third-order valence-electron chi connectivity index (χ3n) is 7.34. The lowest BCUT2D eigenvalue weighted by molar-refractivity contribution is 0.319. The average Bonchev–Trinajstić information content (AvgIpc) is 2.98. The van der Waals surface area contributed by atoms with Crippen LogP contribution in [0.4, 0.5) is 22.7 Å². The Labute approximate surface area is 260 Å². The number of nitrogens with one attached hydrogen (secondary N) is 1. The van der Waals surface area contributed by atoms with Crippen LogP contribution in [-0.4, -0.2) is 62.8 Å². The number of hydrogen-bond donors (Lipinski definition) is 5. The minimum Gasteiger partial charge on any atom is -0.457 e. The van der Waals surface area contributed by atoms with Gasteiger partial charge < -0.3 is 30.3 Å². The molecule has 1 unspecified atom stereocenters. The number of aliphatic hydroxyl groups is 1. The number of nitrogens with zero attached hydrogens (tertiary/aromatic N) is 1. The molecule has 1 aliphatic rings. The summed E-state index contributed by atoms with van der Waals surface area (Å²) in [6.45, 7) is -0.265. The van der Waals surface area contributed by atoms with E-state index in [9.17, 15) is 25.9 Å². The Morgan fingerprint density at radius 2 is 1.55 bits per heavy atom. The second kappa shape index (κ2) is 12.7. The van der Waals surface area contributed by atoms with E-state index in [-0.39, 0.29) is 22.9 Å². The van der Waals surface area contributed by atoms with Crippen LogP contribution in [0.2, 0.25) is 0 Å². The first-order valence-electron chi connectivity index (χ1n) is 13.4. The van der Waals surface area contributed by atoms with Crippen LogP contribution in [0.5, 0.6) is 11.5 Å². The highest BCUT2D eigenvalue weighted by Crippen LogP contribution is 2.50. The number of fused-ring (bicyclic) bond motifs is 2. The van der Waals surface area contributed by atoms with Crippen molar-refractivity contribution >= 4 is 54.7 Å². The van der Waals surface area contributed by atoms with Crippen LogP contribution < -0.4 is 20.7 Å². The quantitative estimate of drug-likeness (QED) is 0.0734. The zero-order valence-electron chi connectivity index (χ0n) is 23.5. The minimum absolute atomic E-state index is 0.146. The van der Waals surface area contributed by atoms with E-state index in [0.717, 1.165) is 0 Å². The molecule has 0 amide bonds. The van der Waals surface area contributed by atoms with Gasteiger partial charge in [-0.25, -0.2) is 8.42 Å². The van der Waals surface area contributed by atoms with Crippen LogP contribution in [0.15, 0.2) is 88.7 Å². The number of anilines is 4. The van der Waals surface area contributed by atoms with Crippen molar-refractivity contribution < 1.29 is 35.8 Å². The molecule has 0 saturated carbocycles. The van der Waals surface area contributed by atoms with E-state index < -0.39 is 32.5 Å². The Bertz CT molecular complexity index is 1920. The molecule has 0 spiro atoms. The summed E-state index contributed by atoms with van der Waals surface area (Å²) in [5.41, 5.74) is 10.1. The van der Waals surface area contributed by atoms with Crippen LogP contribution in [0.1, 0.15) is 22.6 Å². The molecule has 44 heavy (non-hydrogen) atoms. The molecule has 1 heterocycles. The van der Waals surface area contributed by atoms with Gasteiger partial charge in [0, 0.05) is 77.6 Å². The van der Waals surface area contributed by atoms with Crippen LogP contribution >= 0.6 is 12.0 Å². The van der Waals surface area contributed by atoms with Crippen molar-refractivity contribution in [2.24, 2.45) is 0 Å². The number of benzene rings is 4. The van der Waals surface area contributed by atoms with Gasteiger partial charge in [0.15, 0.2) is 9.84 Å². The molecule has 5 rings (SSSR count). The minimum atomic E-state index is -4.56. The molecule has 0 aliphatic carbocycles. The summed E-state index contributed by atoms with van der Waals surface area (Å²) in [5.74, 6) is -0.207. The average molecular weight is 658 g/mol. The molecule has 0 bridgehead atoms. The lowest BCUT2D eigenvalue weighted by Gasteiger charge is -2.31. The zero-order chi connectivity index (χ0) is 31.6. The largest absolute Gasteiger partial charge is 0.457 e. The number of aliphatic hydroxyl groups excluding tert-OH is 1. The summed E-state index contributed by atoms with van der Waals surface area (Å²) in [5, 5.41) is 12.3. The molecule has 14 heteroatoms. The highest BCUT2D eigenvalue weighted by atomic mass is 32.2. The maximum Gasteiger partial charge on any atom is 0.294 e. The third-order valence-corrected chi connectivity index (χ3v) is 10.4. The van der Waals surface area contributed by atoms with Crippen molar-refractivity contribution in [3.63, 3.8) is 0 Å². The molecule has 1 aliphatic heterocycles. The zero-order valence-corrected chi connectivity index (χ0v) is 26.0. The molecular weight excluding hydrogens is 627 g/mol. The molecule has 0 saturated heterocycles. The summed E-state index contributed by atoms with van der Waals surface area (Å²) in [6, 6.07) is 22.1. The van der Waals surface area contributed by atoms with Crippen molar-refractivity contribution in [3.05, 3.63) is 95.6 Å². The van der Waals surface area contributed by atoms with Crippen molar-refractivity contribution in [3.8, 4) is 11.5 Å². The number of sulfone groups is 1. The molecule has 6 N–H and O–H groups in total. The summed E-state index contributed by atoms with van der Waals surface area (Å²) in [4.78, 5) is 2.05. The SMILES string of the molecule is CN(CCS(=O)(=O)CCO)c1ccc2c(c1)Oc1cc(Nc3ccc(SO)c(N)c3)ccc1C2c1ccccc1S(=O)(=O)O. The third kappa shape index (κ3) is 6.80. The fourth-order valence-electron chi connectivity index (χ4n) is 5.12. The first kappa shape index (κ1) is 31.6. The highest BCUT2D eigenvalue weighted by molar-refractivity contribution is 7.94. The van der Waals surface area contributed by atoms with Gasteiger partial charge >= 0.3 is 0 Å². The number of ether oxygens (including phenoxy) is 1. The maximum absolute atomic E-state index is 12.4. The van der Waals surface area contributed by atoms with Crippen LogP contribution in [0.3, 0.4) is 0 Å². The molecule has 0 fully saturated rings. The van der Waals surface area contributed by atoms with Gasteiger partial charge in [0.1, 0.15) is 11.5 Å². The van der Waals surface area contributed by atoms with Crippen LogP contribution in [0.25, 0.3) is 0 Å². The molecule has 4 aromatic carbocycles. The van der Waals surface area contributed by atoms with E-state index in [0.29, 0.717) is 67.9 Å². The predicted octanol–water partition coefficient (Wildman–Crippen LogP) is 4.95. The van der Waals surface area contributed by atoms with Crippen LogP contribution in [-0.2, 0) is 20.0 Å². The molecule has 0 radical (unpaired) electrons. The van der Waals surface area contributed by atoms with Crippen molar-refractivity contribution in [1.82, 2.24) is 0 Å². The number of nitrogens with two attached hydrogens (primary N) is 1. The fraction of sp³-hybridized carbons (Fsp3) is 0.200. The maximum atomic E-state index is 12.4. The van der Waals surface area contributed by atoms with Gasteiger partial charge in [0.2, 0.25) is 0 Å². The Morgan fingerprint density at radius 3 is 2.23 bits per heavy atom. The Balaban J connectivity index is 1.56. The smallest absolute Gasteiger partial charge is 0.294 e. The van der Waals surface area contributed by atoms with Gasteiger partial charge in [0.25, 0.3) is 10.1 Å². The van der Waals surface area contributed by atoms with E-state index in [1.54, 1.807) is 66.5 Å². The Hall–Kier alpha value is -3.79. The number of rotatable bonds is 11. The fourth-order valence-corrected chi connectivity index (χ4v) is 7.19. The van der Waals surface area contributed by atoms with Gasteiger partial charge in [0.05, 0.1) is 27.9 Å². The van der Waals surface area contributed by atoms with E-state index >= 15 is 0 Å². The van der Waals surface area contributed by atoms with Crippen molar-refractivity contribution in [2.75, 3.05) is 47.7 Å². The van der Waals surface area contributed by atoms with E-state index in [2.05, 4.69) is 5.32 Å². The molecule has 11 nitrogen and oxygen atoms in total. The Morgan fingerprint density at radius 1 is 0.886 bits per heavy atom. The highest BCUT2D eigenvalue weighted by Gasteiger charge is 2.33. The lowest BCUT2D eigenvalue weighted by Crippen LogP contribution is -2.27. The first-order chi connectivity index (χ1) is 20.9. The molecule has 1 atom stereocenters. The number of nitrogen functional groups attached to an aromatic ring is 1. The van der Waals surface area contributed by atoms with Gasteiger partial charge in [-0.2, -0.15) is 8.42 Å². The second-order valence-electron chi connectivity index (χ2n) is 10.3. The topological polar surface area (TPSA) is 179 Å². The Kier molecular flexibility index (Phi) is 9.11. The van der Waals surface area contributed by atoms with Crippen LogP contribution in [0, 0.1) is 0 Å². The van der Waals surface area contributed by atoms with Gasteiger partial charge in [-0.15, -0.1) is 0 Å². The van der Waals surface area contributed by atoms with Crippen molar-refractivity contribution in [2.45, 2.75) is 15.7 Å². The first-order valence-corrected chi connectivity index (χ1v) is 17.5. The van der Waals surface area contributed by atoms with E-state index in [1.807, 2.05) is 12.1 Å². The molecular formula is C30H31N3O8S3. The van der Waals surface area contributed by atoms with Gasteiger partial charge in [-0.3, -0.25) is 4.55 Å². The molecule has 232 valence electrons.